The molecular weight excluding hydrogens is 252 g/mol. The van der Waals surface area contributed by atoms with Crippen molar-refractivity contribution in [2.45, 2.75) is 0 Å². The van der Waals surface area contributed by atoms with Gasteiger partial charge in [-0.2, -0.15) is 0 Å². The predicted molar refractivity (Wildman–Crippen MR) is 81.5 cm³/mol. The average Bonchev–Trinajstić information content (AvgIpc) is 2.52. The third kappa shape index (κ3) is 3.12. The average molecular weight is 270 g/mol. The number of para-hydroxylation sites is 1. The highest BCUT2D eigenvalue weighted by molar-refractivity contribution is 5.73. The van der Waals surface area contributed by atoms with Crippen LogP contribution in [0.5, 0.6) is 17.2 Å². The molecule has 0 aromatic heterocycles. The van der Waals surface area contributed by atoms with Crippen molar-refractivity contribution in [2.75, 3.05) is 21.3 Å². The molecule has 0 aliphatic carbocycles. The summed E-state index contributed by atoms with van der Waals surface area (Å²) in [4.78, 5) is 0. The van der Waals surface area contributed by atoms with Crippen LogP contribution in [0.2, 0.25) is 0 Å². The molecule has 0 heterocycles. The highest BCUT2D eigenvalue weighted by atomic mass is 16.5. The fourth-order valence-electron chi connectivity index (χ4n) is 1.95. The smallest absolute Gasteiger partial charge is 0.161 e. The van der Waals surface area contributed by atoms with Gasteiger partial charge in [-0.1, -0.05) is 36.4 Å². The highest BCUT2D eigenvalue weighted by Crippen LogP contribution is 2.28. The van der Waals surface area contributed by atoms with Crippen molar-refractivity contribution in [1.29, 1.82) is 0 Å². The molecule has 0 saturated heterocycles. The molecule has 0 amide bonds. The first-order chi connectivity index (χ1) is 9.78. The fraction of sp³-hybridized carbons (Fsp3) is 0.176. The van der Waals surface area contributed by atoms with Crippen molar-refractivity contribution in [1.82, 2.24) is 0 Å². The summed E-state index contributed by atoms with van der Waals surface area (Å²) >= 11 is 0. The number of hydrogen-bond acceptors (Lipinski definition) is 3. The molecule has 3 nitrogen and oxygen atoms in total. The minimum atomic E-state index is 0.717. The monoisotopic (exact) mass is 270 g/mol. The van der Waals surface area contributed by atoms with E-state index in [1.807, 2.05) is 54.6 Å². The summed E-state index contributed by atoms with van der Waals surface area (Å²) in [5.74, 6) is 2.29. The van der Waals surface area contributed by atoms with Gasteiger partial charge in [0.25, 0.3) is 0 Å². The van der Waals surface area contributed by atoms with Crippen LogP contribution in [0.1, 0.15) is 11.1 Å². The maximum absolute atomic E-state index is 5.32. The Labute approximate surface area is 119 Å². The molecule has 0 atom stereocenters. The molecule has 0 saturated carbocycles. The van der Waals surface area contributed by atoms with Crippen LogP contribution in [-0.2, 0) is 0 Å². The second-order valence-electron chi connectivity index (χ2n) is 4.19. The molecule has 0 aliphatic rings. The molecule has 3 heteroatoms. The van der Waals surface area contributed by atoms with Gasteiger partial charge in [-0.05, 0) is 23.8 Å². The van der Waals surface area contributed by atoms with Crippen molar-refractivity contribution in [3.8, 4) is 17.2 Å². The van der Waals surface area contributed by atoms with Crippen molar-refractivity contribution in [3.63, 3.8) is 0 Å². The van der Waals surface area contributed by atoms with Gasteiger partial charge in [-0.3, -0.25) is 0 Å². The van der Waals surface area contributed by atoms with Crippen LogP contribution in [-0.4, -0.2) is 21.3 Å². The molecule has 0 bridgehead atoms. The van der Waals surface area contributed by atoms with Crippen LogP contribution in [0.3, 0.4) is 0 Å². The molecule has 0 fully saturated rings. The van der Waals surface area contributed by atoms with Crippen LogP contribution in [0.25, 0.3) is 12.2 Å². The Kier molecular flexibility index (Phi) is 4.66. The largest absolute Gasteiger partial charge is 0.496 e. The third-order valence-electron chi connectivity index (χ3n) is 3.00. The Bertz CT molecular complexity index is 603. The van der Waals surface area contributed by atoms with Gasteiger partial charge >= 0.3 is 0 Å². The summed E-state index contributed by atoms with van der Waals surface area (Å²) in [5, 5.41) is 0. The van der Waals surface area contributed by atoms with Gasteiger partial charge in [0.15, 0.2) is 11.5 Å². The summed E-state index contributed by atoms with van der Waals surface area (Å²) in [5.41, 5.74) is 2.07. The lowest BCUT2D eigenvalue weighted by Crippen LogP contribution is -1.90. The molecule has 0 aliphatic heterocycles. The second kappa shape index (κ2) is 6.66. The summed E-state index contributed by atoms with van der Waals surface area (Å²) < 4.78 is 15.8. The van der Waals surface area contributed by atoms with Gasteiger partial charge in [0.2, 0.25) is 0 Å². The van der Waals surface area contributed by atoms with E-state index in [-0.39, 0.29) is 0 Å². The summed E-state index contributed by atoms with van der Waals surface area (Å²) in [6, 6.07) is 13.7. The third-order valence-corrected chi connectivity index (χ3v) is 3.00. The van der Waals surface area contributed by atoms with Crippen LogP contribution in [0.15, 0.2) is 42.5 Å². The summed E-state index contributed by atoms with van der Waals surface area (Å²) in [7, 11) is 4.93. The zero-order valence-corrected chi connectivity index (χ0v) is 11.9. The highest BCUT2D eigenvalue weighted by Gasteiger charge is 2.03. The molecule has 104 valence electrons. The lowest BCUT2D eigenvalue weighted by molar-refractivity contribution is 0.355. The van der Waals surface area contributed by atoms with Crippen molar-refractivity contribution in [2.24, 2.45) is 0 Å². The molecule has 0 radical (unpaired) electrons. The SMILES string of the molecule is COc1ccccc1/C=C/c1ccc(OC)c(OC)c1. The number of rotatable bonds is 5. The van der Waals surface area contributed by atoms with E-state index in [1.54, 1.807) is 21.3 Å². The van der Waals surface area contributed by atoms with E-state index in [0.29, 0.717) is 0 Å². The van der Waals surface area contributed by atoms with Gasteiger partial charge in [-0.15, -0.1) is 0 Å². The second-order valence-corrected chi connectivity index (χ2v) is 4.19. The van der Waals surface area contributed by atoms with Crippen LogP contribution < -0.4 is 14.2 Å². The van der Waals surface area contributed by atoms with E-state index in [4.69, 9.17) is 14.2 Å². The number of ether oxygens (including phenoxy) is 3. The lowest BCUT2D eigenvalue weighted by Gasteiger charge is -2.08. The minimum absolute atomic E-state index is 0.717. The molecule has 2 rings (SSSR count). The first-order valence-corrected chi connectivity index (χ1v) is 6.31. The normalized spacial score (nSPS) is 10.6. The van der Waals surface area contributed by atoms with E-state index in [0.717, 1.165) is 28.4 Å². The number of methoxy groups -OCH3 is 3. The maximum Gasteiger partial charge on any atom is 0.161 e. The van der Waals surface area contributed by atoms with Gasteiger partial charge < -0.3 is 14.2 Å². The Balaban J connectivity index is 2.27. The Morgan fingerprint density at radius 1 is 0.700 bits per heavy atom. The molecule has 2 aromatic carbocycles. The minimum Gasteiger partial charge on any atom is -0.496 e. The van der Waals surface area contributed by atoms with Crippen LogP contribution >= 0.6 is 0 Å². The van der Waals surface area contributed by atoms with Crippen molar-refractivity contribution >= 4 is 12.2 Å². The molecule has 20 heavy (non-hydrogen) atoms. The van der Waals surface area contributed by atoms with Gasteiger partial charge in [0.1, 0.15) is 5.75 Å². The van der Waals surface area contributed by atoms with Crippen LogP contribution in [0.4, 0.5) is 0 Å². The van der Waals surface area contributed by atoms with Crippen molar-refractivity contribution in [3.05, 3.63) is 53.6 Å². The molecule has 0 N–H and O–H groups in total. The molecule has 0 spiro atoms. The first-order valence-electron chi connectivity index (χ1n) is 6.31. The van der Waals surface area contributed by atoms with E-state index in [9.17, 15) is 0 Å². The van der Waals surface area contributed by atoms with E-state index in [2.05, 4.69) is 0 Å². The Hall–Kier alpha value is -2.42. The Morgan fingerprint density at radius 2 is 1.40 bits per heavy atom. The fourth-order valence-corrected chi connectivity index (χ4v) is 1.95. The summed E-state index contributed by atoms with van der Waals surface area (Å²) in [6.45, 7) is 0. The number of hydrogen-bond donors (Lipinski definition) is 0. The van der Waals surface area contributed by atoms with Gasteiger partial charge in [-0.25, -0.2) is 0 Å². The van der Waals surface area contributed by atoms with Crippen molar-refractivity contribution < 1.29 is 14.2 Å². The zero-order chi connectivity index (χ0) is 14.4. The predicted octanol–water partition coefficient (Wildman–Crippen LogP) is 3.88. The van der Waals surface area contributed by atoms with Crippen LogP contribution in [0, 0.1) is 0 Å². The van der Waals surface area contributed by atoms with E-state index in [1.165, 1.54) is 0 Å². The standard InChI is InChI=1S/C17H18O3/c1-18-15-7-5-4-6-14(15)10-8-13-9-11-16(19-2)17(12-13)20-3/h4-12H,1-3H3/b10-8+. The first kappa shape index (κ1) is 14.0. The topological polar surface area (TPSA) is 27.7 Å². The van der Waals surface area contributed by atoms with Gasteiger partial charge in [0, 0.05) is 5.56 Å². The Morgan fingerprint density at radius 3 is 2.10 bits per heavy atom. The zero-order valence-electron chi connectivity index (χ0n) is 11.9. The quantitative estimate of drug-likeness (QED) is 0.772. The molecular formula is C17H18O3. The molecule has 2 aromatic rings. The van der Waals surface area contributed by atoms with E-state index < -0.39 is 0 Å². The van der Waals surface area contributed by atoms with E-state index >= 15 is 0 Å². The van der Waals surface area contributed by atoms with Gasteiger partial charge in [0.05, 0.1) is 21.3 Å². The maximum atomic E-state index is 5.32. The molecule has 0 unspecified atom stereocenters. The summed E-state index contributed by atoms with van der Waals surface area (Å²) in [6.07, 6.45) is 4.03. The number of benzene rings is 2. The lowest BCUT2D eigenvalue weighted by atomic mass is 10.1.